The van der Waals surface area contributed by atoms with Crippen molar-refractivity contribution in [1.29, 1.82) is 0 Å². The molecule has 0 N–H and O–H groups in total. The van der Waals surface area contributed by atoms with Crippen molar-refractivity contribution >= 4 is 34.1 Å². The van der Waals surface area contributed by atoms with Crippen LogP contribution in [0.15, 0.2) is 42.5 Å². The lowest BCUT2D eigenvalue weighted by atomic mass is 10.0. The van der Waals surface area contributed by atoms with Crippen molar-refractivity contribution in [3.63, 3.8) is 0 Å². The van der Waals surface area contributed by atoms with Gasteiger partial charge in [0.05, 0.1) is 11.1 Å². The highest BCUT2D eigenvalue weighted by Gasteiger charge is 2.37. The van der Waals surface area contributed by atoms with Gasteiger partial charge in [0.25, 0.3) is 5.91 Å². The first-order valence-electron chi connectivity index (χ1n) is 9.96. The minimum absolute atomic E-state index is 0.279. The van der Waals surface area contributed by atoms with Crippen LogP contribution in [-0.4, -0.2) is 47.2 Å². The predicted octanol–water partition coefficient (Wildman–Crippen LogP) is 5.18. The van der Waals surface area contributed by atoms with Gasteiger partial charge >= 0.3 is 6.18 Å². The molecule has 168 valence electrons. The zero-order chi connectivity index (χ0) is 23.0. The molecule has 3 aromatic rings. The molecule has 10 heteroatoms. The molecule has 1 aliphatic rings. The van der Waals surface area contributed by atoms with Crippen LogP contribution in [0.3, 0.4) is 0 Å². The molecular weight excluding hydrogens is 448 g/mol. The van der Waals surface area contributed by atoms with E-state index in [1.54, 1.807) is 0 Å². The fourth-order valence-corrected chi connectivity index (χ4v) is 4.25. The van der Waals surface area contributed by atoms with E-state index in [1.807, 2.05) is 29.2 Å². The van der Waals surface area contributed by atoms with Gasteiger partial charge in [-0.25, -0.2) is 4.39 Å². The summed E-state index contributed by atoms with van der Waals surface area (Å²) in [7, 11) is 1.46. The zero-order valence-electron chi connectivity index (χ0n) is 17.0. The number of aromatic nitrogens is 2. The Morgan fingerprint density at radius 1 is 1.16 bits per heavy atom. The van der Waals surface area contributed by atoms with Crippen LogP contribution in [0.1, 0.15) is 28.8 Å². The van der Waals surface area contributed by atoms with Crippen molar-refractivity contribution in [2.45, 2.75) is 25.1 Å². The molecule has 1 fully saturated rings. The van der Waals surface area contributed by atoms with Crippen molar-refractivity contribution in [1.82, 2.24) is 15.1 Å². The molecule has 1 aliphatic heterocycles. The van der Waals surface area contributed by atoms with Crippen LogP contribution in [-0.2, 0) is 6.18 Å². The first-order chi connectivity index (χ1) is 15.2. The number of rotatable bonds is 3. The van der Waals surface area contributed by atoms with Crippen molar-refractivity contribution < 1.29 is 22.4 Å². The third kappa shape index (κ3) is 4.21. The highest BCUT2D eigenvalue weighted by Crippen LogP contribution is 2.34. The summed E-state index contributed by atoms with van der Waals surface area (Å²) in [5, 5.41) is 10.1. The lowest BCUT2D eigenvalue weighted by Gasteiger charge is -2.38. The molecule has 2 heterocycles. The van der Waals surface area contributed by atoms with E-state index in [2.05, 4.69) is 10.2 Å². The molecule has 0 saturated carbocycles. The zero-order valence-corrected chi connectivity index (χ0v) is 17.8. The molecule has 2 aromatic carbocycles. The number of carbonyl (C=O) groups excluding carboxylic acids is 1. The standard InChI is InChI=1S/C22H19ClF4N4O/c1-30(21(32)17-9-8-13(24)11-18(17)22(25,26)27)14-5-4-10-31(12-14)20-16-7-3-2-6-15(16)19(23)28-29-20/h2-3,6-9,11,14H,4-5,10,12H2,1H3. The van der Waals surface area contributed by atoms with Crippen LogP contribution < -0.4 is 4.90 Å². The third-order valence-corrected chi connectivity index (χ3v) is 5.98. The van der Waals surface area contributed by atoms with Gasteiger partial charge in [0.2, 0.25) is 0 Å². The van der Waals surface area contributed by atoms with Gasteiger partial charge in [0, 0.05) is 37.0 Å². The van der Waals surface area contributed by atoms with Gasteiger partial charge in [-0.2, -0.15) is 13.2 Å². The number of likely N-dealkylation sites (N-methyl/N-ethyl adjacent to an activating group) is 1. The summed E-state index contributed by atoms with van der Waals surface area (Å²) in [5.41, 5.74) is -1.85. The van der Waals surface area contributed by atoms with Crippen LogP contribution >= 0.6 is 11.6 Å². The van der Waals surface area contributed by atoms with E-state index in [0.717, 1.165) is 22.9 Å². The van der Waals surface area contributed by atoms with Crippen molar-refractivity contribution in [2.75, 3.05) is 25.0 Å². The molecule has 0 spiro atoms. The Labute approximate surface area is 186 Å². The summed E-state index contributed by atoms with van der Waals surface area (Å²) < 4.78 is 53.6. The fraction of sp³-hybridized carbons (Fsp3) is 0.318. The number of nitrogens with zero attached hydrogens (tertiary/aromatic N) is 4. The Morgan fingerprint density at radius 2 is 1.88 bits per heavy atom. The number of hydrogen-bond donors (Lipinski definition) is 0. The molecule has 0 aliphatic carbocycles. The average molecular weight is 467 g/mol. The normalized spacial score (nSPS) is 16.9. The van der Waals surface area contributed by atoms with Gasteiger partial charge in [0.1, 0.15) is 5.82 Å². The van der Waals surface area contributed by atoms with Crippen LogP contribution in [0.2, 0.25) is 5.15 Å². The Hall–Kier alpha value is -2.94. The summed E-state index contributed by atoms with van der Waals surface area (Å²) in [6.07, 6.45) is -3.53. The second-order valence-electron chi connectivity index (χ2n) is 7.71. The van der Waals surface area contributed by atoms with Crippen molar-refractivity contribution in [3.8, 4) is 0 Å². The second kappa shape index (κ2) is 8.54. The van der Waals surface area contributed by atoms with Gasteiger partial charge in [-0.05, 0) is 31.0 Å². The number of carbonyl (C=O) groups is 1. The Balaban J connectivity index is 1.61. The van der Waals surface area contributed by atoms with Gasteiger partial charge in [-0.15, -0.1) is 10.2 Å². The van der Waals surface area contributed by atoms with Crippen LogP contribution in [0, 0.1) is 5.82 Å². The Kier molecular flexibility index (Phi) is 5.94. The predicted molar refractivity (Wildman–Crippen MR) is 113 cm³/mol. The second-order valence-corrected chi connectivity index (χ2v) is 8.06. The number of hydrogen-bond acceptors (Lipinski definition) is 4. The lowest BCUT2D eigenvalue weighted by Crippen LogP contribution is -2.49. The number of alkyl halides is 3. The molecular formula is C22H19ClF4N4O. The summed E-state index contributed by atoms with van der Waals surface area (Å²) in [6, 6.07) is 9.13. The maximum atomic E-state index is 13.4. The minimum Gasteiger partial charge on any atom is -0.353 e. The van der Waals surface area contributed by atoms with E-state index in [9.17, 15) is 22.4 Å². The highest BCUT2D eigenvalue weighted by atomic mass is 35.5. The van der Waals surface area contributed by atoms with E-state index in [0.29, 0.717) is 37.8 Å². The topological polar surface area (TPSA) is 49.3 Å². The van der Waals surface area contributed by atoms with Crippen molar-refractivity contribution in [2.24, 2.45) is 0 Å². The van der Waals surface area contributed by atoms with Crippen LogP contribution in [0.25, 0.3) is 10.8 Å². The summed E-state index contributed by atoms with van der Waals surface area (Å²) in [4.78, 5) is 16.2. The van der Waals surface area contributed by atoms with E-state index in [4.69, 9.17) is 11.6 Å². The number of piperidine rings is 1. The first-order valence-corrected chi connectivity index (χ1v) is 10.3. The van der Waals surface area contributed by atoms with E-state index >= 15 is 0 Å². The number of halogens is 5. The molecule has 5 nitrogen and oxygen atoms in total. The summed E-state index contributed by atoms with van der Waals surface area (Å²) in [5.74, 6) is -1.25. The van der Waals surface area contributed by atoms with Gasteiger partial charge in [-0.1, -0.05) is 35.9 Å². The SMILES string of the molecule is CN(C(=O)c1ccc(F)cc1C(F)(F)F)C1CCCN(c2nnc(Cl)c3ccccc23)C1. The van der Waals surface area contributed by atoms with E-state index < -0.39 is 29.0 Å². The fourth-order valence-electron chi connectivity index (χ4n) is 4.05. The van der Waals surface area contributed by atoms with Crippen LogP contribution in [0.4, 0.5) is 23.4 Å². The number of anilines is 1. The minimum atomic E-state index is -4.84. The first kappa shape index (κ1) is 22.3. The average Bonchev–Trinajstić information content (AvgIpc) is 2.78. The molecule has 4 rings (SSSR count). The number of amides is 1. The Morgan fingerprint density at radius 3 is 2.59 bits per heavy atom. The molecule has 0 bridgehead atoms. The van der Waals surface area contributed by atoms with E-state index in [-0.39, 0.29) is 11.2 Å². The maximum Gasteiger partial charge on any atom is 0.417 e. The van der Waals surface area contributed by atoms with Gasteiger partial charge < -0.3 is 9.80 Å². The third-order valence-electron chi connectivity index (χ3n) is 5.70. The van der Waals surface area contributed by atoms with E-state index in [1.165, 1.54) is 11.9 Å². The quantitative estimate of drug-likeness (QED) is 0.499. The lowest BCUT2D eigenvalue weighted by molar-refractivity contribution is -0.138. The van der Waals surface area contributed by atoms with Gasteiger partial charge in [-0.3, -0.25) is 4.79 Å². The Bertz CT molecular complexity index is 1170. The number of benzene rings is 2. The highest BCUT2D eigenvalue weighted by molar-refractivity contribution is 6.34. The molecule has 1 saturated heterocycles. The molecule has 1 aromatic heterocycles. The molecule has 1 atom stereocenters. The molecule has 1 unspecified atom stereocenters. The largest absolute Gasteiger partial charge is 0.417 e. The summed E-state index contributed by atoms with van der Waals surface area (Å²) in [6.45, 7) is 1.02. The maximum absolute atomic E-state index is 13.4. The smallest absolute Gasteiger partial charge is 0.353 e. The van der Waals surface area contributed by atoms with Gasteiger partial charge in [0.15, 0.2) is 11.0 Å². The van der Waals surface area contributed by atoms with Crippen molar-refractivity contribution in [3.05, 3.63) is 64.6 Å². The molecule has 1 amide bonds. The monoisotopic (exact) mass is 466 g/mol. The molecule has 32 heavy (non-hydrogen) atoms. The van der Waals surface area contributed by atoms with Crippen LogP contribution in [0.5, 0.6) is 0 Å². The number of fused-ring (bicyclic) bond motifs is 1. The molecule has 0 radical (unpaired) electrons. The summed E-state index contributed by atoms with van der Waals surface area (Å²) >= 11 is 6.16.